The molecule has 4 aliphatic rings. The van der Waals surface area contributed by atoms with E-state index < -0.39 is 0 Å². The van der Waals surface area contributed by atoms with Crippen LogP contribution in [0.5, 0.6) is 0 Å². The lowest BCUT2D eigenvalue weighted by Crippen LogP contribution is -2.51. The van der Waals surface area contributed by atoms with Crippen LogP contribution in [-0.4, -0.2) is 19.0 Å². The highest BCUT2D eigenvalue weighted by Crippen LogP contribution is 2.60. The van der Waals surface area contributed by atoms with Crippen LogP contribution in [0.25, 0.3) is 10.8 Å². The molecule has 0 spiro atoms. The largest absolute Gasteiger partial charge is 0.465 e. The highest BCUT2D eigenvalue weighted by atomic mass is 16.5. The van der Waals surface area contributed by atoms with Gasteiger partial charge < -0.3 is 10.1 Å². The number of rotatable bonds is 3. The normalized spacial score (nSPS) is 31.1. The smallest absolute Gasteiger partial charge is 0.337 e. The average Bonchev–Trinajstić information content (AvgIpc) is 2.66. The summed E-state index contributed by atoms with van der Waals surface area (Å²) < 4.78 is 4.78. The molecule has 4 fully saturated rings. The van der Waals surface area contributed by atoms with Crippen molar-refractivity contribution in [3.05, 3.63) is 42.0 Å². The topological polar surface area (TPSA) is 55.4 Å². The third-order valence-corrected chi connectivity index (χ3v) is 7.04. The van der Waals surface area contributed by atoms with Gasteiger partial charge in [0.2, 0.25) is 5.91 Å². The molecule has 2 aromatic carbocycles. The minimum absolute atomic E-state index is 0.140. The van der Waals surface area contributed by atoms with Crippen LogP contribution in [0, 0.1) is 23.2 Å². The molecule has 4 saturated carbocycles. The summed E-state index contributed by atoms with van der Waals surface area (Å²) in [4.78, 5) is 24.9. The maximum Gasteiger partial charge on any atom is 0.337 e. The Labute approximate surface area is 159 Å². The fourth-order valence-electron chi connectivity index (χ4n) is 6.22. The molecule has 1 amide bonds. The zero-order valence-electron chi connectivity index (χ0n) is 15.7. The fourth-order valence-corrected chi connectivity index (χ4v) is 6.22. The van der Waals surface area contributed by atoms with E-state index in [1.54, 1.807) is 6.07 Å². The highest BCUT2D eigenvalue weighted by Gasteiger charge is 2.54. The molecule has 0 saturated heterocycles. The number of anilines is 1. The molecule has 0 aliphatic heterocycles. The van der Waals surface area contributed by atoms with Crippen LogP contribution in [0.3, 0.4) is 0 Å². The van der Waals surface area contributed by atoms with Crippen molar-refractivity contribution in [2.24, 2.45) is 23.2 Å². The Kier molecular flexibility index (Phi) is 3.78. The van der Waals surface area contributed by atoms with Crippen LogP contribution in [0.4, 0.5) is 5.69 Å². The van der Waals surface area contributed by atoms with E-state index in [0.717, 1.165) is 53.5 Å². The molecule has 4 nitrogen and oxygen atoms in total. The quantitative estimate of drug-likeness (QED) is 0.798. The molecule has 0 unspecified atom stereocenters. The van der Waals surface area contributed by atoms with Gasteiger partial charge in [0.15, 0.2) is 0 Å². The number of nitrogens with one attached hydrogen (secondary N) is 1. The predicted octanol–water partition coefficient (Wildman–Crippen LogP) is 4.78. The number of hydrogen-bond acceptors (Lipinski definition) is 3. The van der Waals surface area contributed by atoms with Gasteiger partial charge >= 0.3 is 5.97 Å². The summed E-state index contributed by atoms with van der Waals surface area (Å²) in [6.07, 6.45) is 7.23. The van der Waals surface area contributed by atoms with Crippen molar-refractivity contribution >= 4 is 28.3 Å². The van der Waals surface area contributed by atoms with E-state index in [1.165, 1.54) is 26.4 Å². The first-order chi connectivity index (χ1) is 13.0. The first kappa shape index (κ1) is 16.8. The summed E-state index contributed by atoms with van der Waals surface area (Å²) in [6.45, 7) is 0. The third kappa shape index (κ3) is 2.82. The van der Waals surface area contributed by atoms with Crippen LogP contribution in [0.15, 0.2) is 36.4 Å². The van der Waals surface area contributed by atoms with Gasteiger partial charge in [0.25, 0.3) is 0 Å². The lowest BCUT2D eigenvalue weighted by Gasteiger charge is -2.55. The molecule has 6 rings (SSSR count). The number of carbonyl (C=O) groups excluding carboxylic acids is 2. The minimum Gasteiger partial charge on any atom is -0.465 e. The van der Waals surface area contributed by atoms with E-state index >= 15 is 0 Å². The van der Waals surface area contributed by atoms with Crippen molar-refractivity contribution in [2.45, 2.75) is 38.5 Å². The van der Waals surface area contributed by atoms with E-state index in [-0.39, 0.29) is 17.3 Å². The molecule has 140 valence electrons. The van der Waals surface area contributed by atoms with E-state index in [9.17, 15) is 9.59 Å². The van der Waals surface area contributed by atoms with Crippen LogP contribution in [0.1, 0.15) is 48.9 Å². The highest BCUT2D eigenvalue weighted by molar-refractivity contribution is 5.99. The summed E-state index contributed by atoms with van der Waals surface area (Å²) in [5.74, 6) is 2.16. The van der Waals surface area contributed by atoms with Gasteiger partial charge in [0, 0.05) is 5.69 Å². The summed E-state index contributed by atoms with van der Waals surface area (Å²) in [5.41, 5.74) is 1.24. The molecule has 1 N–H and O–H groups in total. The molecule has 2 aromatic rings. The summed E-state index contributed by atoms with van der Waals surface area (Å²) in [6, 6.07) is 11.4. The van der Waals surface area contributed by atoms with Crippen LogP contribution < -0.4 is 5.32 Å². The predicted molar refractivity (Wildman–Crippen MR) is 105 cm³/mol. The van der Waals surface area contributed by atoms with Gasteiger partial charge in [-0.05, 0) is 91.3 Å². The maximum absolute atomic E-state index is 13.2. The fraction of sp³-hybridized carbons (Fsp3) is 0.478. The molecule has 0 aromatic heterocycles. The Morgan fingerprint density at radius 2 is 1.52 bits per heavy atom. The van der Waals surface area contributed by atoms with Crippen molar-refractivity contribution < 1.29 is 14.3 Å². The number of methoxy groups -OCH3 is 1. The molecule has 4 aliphatic carbocycles. The van der Waals surface area contributed by atoms with Gasteiger partial charge in [-0.1, -0.05) is 12.1 Å². The van der Waals surface area contributed by atoms with Gasteiger partial charge in [-0.15, -0.1) is 0 Å². The molecular weight excluding hydrogens is 338 g/mol. The Morgan fingerprint density at radius 3 is 2.15 bits per heavy atom. The molecular formula is C23H25NO3. The van der Waals surface area contributed by atoms with E-state index in [2.05, 4.69) is 5.32 Å². The van der Waals surface area contributed by atoms with Crippen molar-refractivity contribution in [3.63, 3.8) is 0 Å². The Hall–Kier alpha value is -2.36. The SMILES string of the molecule is COC(=O)c1ccc2cc(NC(=O)C34CC5CC(CC(C5)C3)C4)ccc2c1. The van der Waals surface area contributed by atoms with E-state index in [4.69, 9.17) is 4.74 Å². The second-order valence-corrected chi connectivity index (χ2v) is 8.92. The Morgan fingerprint density at radius 1 is 0.926 bits per heavy atom. The third-order valence-electron chi connectivity index (χ3n) is 7.04. The number of esters is 1. The number of ether oxygens (including phenoxy) is 1. The standard InChI is InChI=1S/C23H25NO3/c1-27-21(25)19-3-2-18-10-20(5-4-17(18)9-19)24-22(26)23-11-14-6-15(12-23)8-16(7-14)13-23/h2-5,9-10,14-16H,6-8,11-13H2,1H3,(H,24,26). The van der Waals surface area contributed by atoms with Gasteiger partial charge in [-0.2, -0.15) is 0 Å². The van der Waals surface area contributed by atoms with Crippen molar-refractivity contribution in [2.75, 3.05) is 12.4 Å². The molecule has 27 heavy (non-hydrogen) atoms. The average molecular weight is 363 g/mol. The van der Waals surface area contributed by atoms with Crippen LogP contribution in [-0.2, 0) is 9.53 Å². The van der Waals surface area contributed by atoms with Crippen molar-refractivity contribution in [1.29, 1.82) is 0 Å². The number of fused-ring (bicyclic) bond motifs is 1. The minimum atomic E-state index is -0.337. The zero-order chi connectivity index (χ0) is 18.6. The number of benzene rings is 2. The molecule has 4 bridgehead atoms. The van der Waals surface area contributed by atoms with Gasteiger partial charge in [-0.3, -0.25) is 4.79 Å². The van der Waals surface area contributed by atoms with Crippen LogP contribution >= 0.6 is 0 Å². The van der Waals surface area contributed by atoms with Gasteiger partial charge in [0.05, 0.1) is 18.1 Å². The number of amides is 1. The van der Waals surface area contributed by atoms with E-state index in [1.807, 2.05) is 30.3 Å². The Balaban J connectivity index is 1.38. The summed E-state index contributed by atoms with van der Waals surface area (Å²) in [5, 5.41) is 5.18. The van der Waals surface area contributed by atoms with Gasteiger partial charge in [0.1, 0.15) is 0 Å². The molecule has 0 radical (unpaired) electrons. The summed E-state index contributed by atoms with van der Waals surface area (Å²) >= 11 is 0. The first-order valence-electron chi connectivity index (χ1n) is 9.98. The van der Waals surface area contributed by atoms with E-state index in [0.29, 0.717) is 5.56 Å². The van der Waals surface area contributed by atoms with Crippen molar-refractivity contribution in [3.8, 4) is 0 Å². The summed E-state index contributed by atoms with van der Waals surface area (Å²) in [7, 11) is 1.38. The maximum atomic E-state index is 13.2. The molecule has 0 heterocycles. The lowest BCUT2D eigenvalue weighted by molar-refractivity contribution is -0.140. The Bertz CT molecular complexity index is 897. The second-order valence-electron chi connectivity index (χ2n) is 8.92. The van der Waals surface area contributed by atoms with Gasteiger partial charge in [-0.25, -0.2) is 4.79 Å². The zero-order valence-corrected chi connectivity index (χ0v) is 15.7. The molecule has 0 atom stereocenters. The lowest BCUT2D eigenvalue weighted by atomic mass is 9.49. The number of hydrogen-bond donors (Lipinski definition) is 1. The molecule has 4 heteroatoms. The second kappa shape index (κ2) is 6.08. The van der Waals surface area contributed by atoms with Crippen molar-refractivity contribution in [1.82, 2.24) is 0 Å². The first-order valence-corrected chi connectivity index (χ1v) is 9.98. The monoisotopic (exact) mass is 363 g/mol. The van der Waals surface area contributed by atoms with Crippen LogP contribution in [0.2, 0.25) is 0 Å². The number of carbonyl (C=O) groups is 2.